The maximum Gasteiger partial charge on any atom is -0.0320 e. The highest BCUT2D eigenvalue weighted by Gasteiger charge is 1.88. The van der Waals surface area contributed by atoms with Gasteiger partial charge < -0.3 is 0 Å². The molecule has 0 saturated heterocycles. The van der Waals surface area contributed by atoms with Crippen molar-refractivity contribution in [2.75, 3.05) is 0 Å². The molecule has 0 bridgehead atoms. The monoisotopic (exact) mass is 176 g/mol. The van der Waals surface area contributed by atoms with Gasteiger partial charge in [0, 0.05) is 0 Å². The van der Waals surface area contributed by atoms with E-state index in [0.29, 0.717) is 0 Å². The number of hydrogen-bond donors (Lipinski definition) is 0. The van der Waals surface area contributed by atoms with Crippen LogP contribution in [0.2, 0.25) is 0 Å². The molecule has 0 heteroatoms. The lowest BCUT2D eigenvalue weighted by atomic mass is 10.1. The van der Waals surface area contributed by atoms with Gasteiger partial charge in [0.25, 0.3) is 0 Å². The first-order valence-electron chi connectivity index (χ1n) is 4.92. The van der Waals surface area contributed by atoms with Gasteiger partial charge in [0.05, 0.1) is 0 Å². The van der Waals surface area contributed by atoms with Crippen LogP contribution in [0, 0.1) is 0 Å². The second kappa shape index (κ2) is 9.05. The van der Waals surface area contributed by atoms with Crippen molar-refractivity contribution in [3.8, 4) is 0 Å². The normalized spacial score (nSPS) is 11.2. The minimum atomic E-state index is 1.11. The van der Waals surface area contributed by atoms with Crippen LogP contribution in [0.15, 0.2) is 49.1 Å². The molecular weight excluding hydrogens is 156 g/mol. The molecule has 0 fully saturated rings. The van der Waals surface area contributed by atoms with E-state index in [1.54, 1.807) is 6.08 Å². The van der Waals surface area contributed by atoms with Gasteiger partial charge in [-0.2, -0.15) is 0 Å². The summed E-state index contributed by atoms with van der Waals surface area (Å²) in [5.41, 5.74) is 1.36. The van der Waals surface area contributed by atoms with Gasteiger partial charge in [0.2, 0.25) is 0 Å². The summed E-state index contributed by atoms with van der Waals surface area (Å²) in [5.74, 6) is 0. The zero-order chi connectivity index (χ0) is 9.94. The third-order valence-electron chi connectivity index (χ3n) is 1.90. The largest absolute Gasteiger partial charge is 0.0999 e. The van der Waals surface area contributed by atoms with Crippen LogP contribution in [-0.2, 0) is 0 Å². The van der Waals surface area contributed by atoms with Gasteiger partial charge >= 0.3 is 0 Å². The van der Waals surface area contributed by atoms with E-state index in [-0.39, 0.29) is 0 Å². The second-order valence-corrected chi connectivity index (χ2v) is 3.04. The quantitative estimate of drug-likeness (QED) is 0.306. The summed E-state index contributed by atoms with van der Waals surface area (Å²) >= 11 is 0. The topological polar surface area (TPSA) is 0 Å². The number of unbranched alkanes of at least 4 members (excludes halogenated alkanes) is 1. The van der Waals surface area contributed by atoms with E-state index in [1.807, 2.05) is 12.2 Å². The van der Waals surface area contributed by atoms with Crippen LogP contribution in [0.5, 0.6) is 0 Å². The average molecular weight is 176 g/mol. The first-order chi connectivity index (χ1) is 6.31. The lowest BCUT2D eigenvalue weighted by Crippen LogP contribution is -1.78. The molecule has 0 heterocycles. The summed E-state index contributed by atoms with van der Waals surface area (Å²) in [6.07, 6.45) is 14.6. The predicted octanol–water partition coefficient (Wildman–Crippen LogP) is 4.42. The Morgan fingerprint density at radius 2 is 2.00 bits per heavy atom. The lowest BCUT2D eigenvalue weighted by molar-refractivity contribution is 0.806. The van der Waals surface area contributed by atoms with E-state index in [2.05, 4.69) is 32.2 Å². The van der Waals surface area contributed by atoms with E-state index < -0.39 is 0 Å². The Kier molecular flexibility index (Phi) is 8.33. The first-order valence-corrected chi connectivity index (χ1v) is 4.92. The molecule has 13 heavy (non-hydrogen) atoms. The minimum Gasteiger partial charge on any atom is -0.0999 e. The Balaban J connectivity index is 3.34. The zero-order valence-corrected chi connectivity index (χ0v) is 8.63. The standard InChI is InChI=1S/C13H20/c1-4-6-7-8-9-10-11-12-13(3)5-2/h4,6-9H,1,3,5,10-12H2,2H3/b7-6-,9-8-. The van der Waals surface area contributed by atoms with Crippen LogP contribution in [-0.4, -0.2) is 0 Å². The molecule has 0 saturated carbocycles. The Morgan fingerprint density at radius 3 is 2.62 bits per heavy atom. The van der Waals surface area contributed by atoms with Crippen LogP contribution in [0.1, 0.15) is 32.6 Å². The summed E-state index contributed by atoms with van der Waals surface area (Å²) in [5, 5.41) is 0. The molecule has 0 aliphatic carbocycles. The van der Waals surface area contributed by atoms with Crippen molar-refractivity contribution in [1.82, 2.24) is 0 Å². The second-order valence-electron chi connectivity index (χ2n) is 3.04. The van der Waals surface area contributed by atoms with Crippen molar-refractivity contribution >= 4 is 0 Å². The van der Waals surface area contributed by atoms with Crippen LogP contribution in [0.4, 0.5) is 0 Å². The van der Waals surface area contributed by atoms with Crippen molar-refractivity contribution in [2.24, 2.45) is 0 Å². The van der Waals surface area contributed by atoms with Crippen LogP contribution in [0.3, 0.4) is 0 Å². The number of allylic oxidation sites excluding steroid dienone is 6. The molecule has 0 N–H and O–H groups in total. The molecule has 0 amide bonds. The van der Waals surface area contributed by atoms with E-state index in [1.165, 1.54) is 12.0 Å². The van der Waals surface area contributed by atoms with E-state index in [9.17, 15) is 0 Å². The van der Waals surface area contributed by atoms with Gasteiger partial charge in [0.15, 0.2) is 0 Å². The number of rotatable bonds is 7. The maximum absolute atomic E-state index is 3.97. The highest BCUT2D eigenvalue weighted by atomic mass is 13.9. The van der Waals surface area contributed by atoms with Crippen LogP contribution >= 0.6 is 0 Å². The minimum absolute atomic E-state index is 1.11. The molecule has 0 rings (SSSR count). The molecule has 0 spiro atoms. The van der Waals surface area contributed by atoms with Gasteiger partial charge in [-0.25, -0.2) is 0 Å². The molecule has 0 aromatic rings. The molecule has 0 radical (unpaired) electrons. The Morgan fingerprint density at radius 1 is 1.23 bits per heavy atom. The lowest BCUT2D eigenvalue weighted by Gasteiger charge is -1.98. The SMILES string of the molecule is C=C/C=C\C=C/CCCC(=C)CC. The fourth-order valence-corrected chi connectivity index (χ4v) is 0.964. The maximum atomic E-state index is 3.97. The summed E-state index contributed by atoms with van der Waals surface area (Å²) in [7, 11) is 0. The van der Waals surface area contributed by atoms with Crippen molar-refractivity contribution in [3.05, 3.63) is 49.1 Å². The van der Waals surface area contributed by atoms with Crippen LogP contribution < -0.4 is 0 Å². The summed E-state index contributed by atoms with van der Waals surface area (Å²) in [6.45, 7) is 9.72. The molecule has 0 atom stereocenters. The fourth-order valence-electron chi connectivity index (χ4n) is 0.964. The third kappa shape index (κ3) is 8.87. The van der Waals surface area contributed by atoms with Gasteiger partial charge in [-0.15, -0.1) is 0 Å². The van der Waals surface area contributed by atoms with Crippen molar-refractivity contribution < 1.29 is 0 Å². The van der Waals surface area contributed by atoms with Gasteiger partial charge in [0.1, 0.15) is 0 Å². The first kappa shape index (κ1) is 12.0. The Bertz CT molecular complexity index is 194. The van der Waals surface area contributed by atoms with Crippen molar-refractivity contribution in [1.29, 1.82) is 0 Å². The van der Waals surface area contributed by atoms with Gasteiger partial charge in [-0.3, -0.25) is 0 Å². The average Bonchev–Trinajstić information content (AvgIpc) is 2.16. The molecule has 0 aliphatic heterocycles. The molecule has 0 aromatic heterocycles. The Hall–Kier alpha value is -1.04. The van der Waals surface area contributed by atoms with Gasteiger partial charge in [-0.1, -0.05) is 56.0 Å². The predicted molar refractivity (Wildman–Crippen MR) is 61.8 cm³/mol. The van der Waals surface area contributed by atoms with E-state index in [0.717, 1.165) is 19.3 Å². The highest BCUT2D eigenvalue weighted by molar-refractivity contribution is 5.08. The van der Waals surface area contributed by atoms with E-state index >= 15 is 0 Å². The molecular formula is C13H20. The molecule has 0 nitrogen and oxygen atoms in total. The van der Waals surface area contributed by atoms with E-state index in [4.69, 9.17) is 0 Å². The van der Waals surface area contributed by atoms with Gasteiger partial charge in [-0.05, 0) is 25.7 Å². The smallest absolute Gasteiger partial charge is 0.0320 e. The third-order valence-corrected chi connectivity index (χ3v) is 1.90. The summed E-state index contributed by atoms with van der Waals surface area (Å²) < 4.78 is 0. The Labute approximate surface area is 82.4 Å². The highest BCUT2D eigenvalue weighted by Crippen LogP contribution is 2.08. The zero-order valence-electron chi connectivity index (χ0n) is 8.63. The number of hydrogen-bond acceptors (Lipinski definition) is 0. The summed E-state index contributed by atoms with van der Waals surface area (Å²) in [6, 6.07) is 0. The molecule has 0 aromatic carbocycles. The molecule has 0 unspecified atom stereocenters. The fraction of sp³-hybridized carbons (Fsp3) is 0.385. The van der Waals surface area contributed by atoms with Crippen LogP contribution in [0.25, 0.3) is 0 Å². The molecule has 72 valence electrons. The van der Waals surface area contributed by atoms with Crippen molar-refractivity contribution in [3.63, 3.8) is 0 Å². The molecule has 0 aliphatic rings. The van der Waals surface area contributed by atoms with Crippen molar-refractivity contribution in [2.45, 2.75) is 32.6 Å². The summed E-state index contributed by atoms with van der Waals surface area (Å²) in [4.78, 5) is 0.